The number of ether oxygens (including phenoxy) is 2. The van der Waals surface area contributed by atoms with Gasteiger partial charge in [-0.15, -0.1) is 0 Å². The molecule has 0 fully saturated rings. The molecule has 0 saturated carbocycles. The van der Waals surface area contributed by atoms with E-state index in [1.54, 1.807) is 30.5 Å². The van der Waals surface area contributed by atoms with Crippen molar-refractivity contribution in [2.45, 2.75) is 6.92 Å². The molecule has 2 heterocycles. The topological polar surface area (TPSA) is 68.0 Å². The second kappa shape index (κ2) is 7.61. The molecule has 0 unspecified atom stereocenters. The van der Waals surface area contributed by atoms with Crippen LogP contribution in [0.25, 0.3) is 11.3 Å². The number of halogens is 2. The van der Waals surface area contributed by atoms with E-state index in [-0.39, 0.29) is 10.9 Å². The van der Waals surface area contributed by atoms with Crippen LogP contribution < -0.4 is 9.47 Å². The first kappa shape index (κ1) is 18.0. The van der Waals surface area contributed by atoms with Crippen LogP contribution in [0.5, 0.6) is 17.4 Å². The summed E-state index contributed by atoms with van der Waals surface area (Å²) in [6.45, 7) is 1.89. The van der Waals surface area contributed by atoms with E-state index in [1.807, 2.05) is 25.1 Å². The molecule has 0 spiro atoms. The van der Waals surface area contributed by atoms with Crippen molar-refractivity contribution in [1.82, 2.24) is 9.97 Å². The van der Waals surface area contributed by atoms with Crippen molar-refractivity contribution in [3.63, 3.8) is 0 Å². The molecule has 1 aromatic carbocycles. The summed E-state index contributed by atoms with van der Waals surface area (Å²) in [4.78, 5) is 8.60. The molecule has 7 heteroatoms. The maximum absolute atomic E-state index is 9.08. The van der Waals surface area contributed by atoms with Crippen LogP contribution in [0.3, 0.4) is 0 Å². The molecule has 0 aliphatic heterocycles. The molecule has 0 aliphatic rings. The number of benzene rings is 1. The Balaban J connectivity index is 2.08. The van der Waals surface area contributed by atoms with Crippen molar-refractivity contribution in [2.75, 3.05) is 7.11 Å². The molecule has 0 radical (unpaired) electrons. The van der Waals surface area contributed by atoms with Gasteiger partial charge < -0.3 is 9.47 Å². The van der Waals surface area contributed by atoms with Crippen LogP contribution in [-0.2, 0) is 0 Å². The lowest BCUT2D eigenvalue weighted by Gasteiger charge is -2.13. The van der Waals surface area contributed by atoms with Crippen molar-refractivity contribution in [3.05, 3.63) is 63.9 Å². The van der Waals surface area contributed by atoms with Gasteiger partial charge in [0.25, 0.3) is 0 Å². The van der Waals surface area contributed by atoms with Crippen LogP contribution in [0.1, 0.15) is 11.3 Å². The van der Waals surface area contributed by atoms with E-state index in [0.717, 1.165) is 11.3 Å². The van der Waals surface area contributed by atoms with Crippen LogP contribution >= 0.6 is 23.2 Å². The number of nitrogens with zero attached hydrogens (tertiary/aromatic N) is 3. The Kier molecular flexibility index (Phi) is 5.27. The van der Waals surface area contributed by atoms with Crippen molar-refractivity contribution in [3.8, 4) is 34.7 Å². The minimum atomic E-state index is 0.223. The van der Waals surface area contributed by atoms with E-state index < -0.39 is 0 Å². The Bertz CT molecular complexity index is 1020. The molecule has 3 rings (SSSR count). The number of hydrogen-bond donors (Lipinski definition) is 0. The lowest BCUT2D eigenvalue weighted by molar-refractivity contribution is 0.393. The highest BCUT2D eigenvalue weighted by Gasteiger charge is 2.15. The Morgan fingerprint density at radius 2 is 1.92 bits per heavy atom. The van der Waals surface area contributed by atoms with Gasteiger partial charge in [0, 0.05) is 28.5 Å². The average molecular weight is 386 g/mol. The number of rotatable bonds is 4. The molecular weight excluding hydrogens is 373 g/mol. The maximum atomic E-state index is 9.08. The maximum Gasteiger partial charge on any atom is 0.236 e. The second-order valence-corrected chi connectivity index (χ2v) is 6.22. The highest BCUT2D eigenvalue weighted by atomic mass is 35.5. The molecular formula is C19H13Cl2N3O2. The van der Waals surface area contributed by atoms with Crippen molar-refractivity contribution < 1.29 is 9.47 Å². The number of aromatic nitrogens is 2. The zero-order valence-corrected chi connectivity index (χ0v) is 15.5. The minimum absolute atomic E-state index is 0.223. The summed E-state index contributed by atoms with van der Waals surface area (Å²) < 4.78 is 11.1. The second-order valence-electron chi connectivity index (χ2n) is 5.40. The zero-order chi connectivity index (χ0) is 18.7. The summed E-state index contributed by atoms with van der Waals surface area (Å²) in [5, 5.41) is 9.69. The predicted octanol–water partition coefficient (Wildman–Crippen LogP) is 5.43. The standard InChI is InChI=1S/C19H13Cl2N3O2/c1-11-5-13(3-4-23-11)16-9-17(18(21)19(24-16)25-2)26-15-7-12(10-22)6-14(20)8-15/h3-9H,1-2H3. The summed E-state index contributed by atoms with van der Waals surface area (Å²) in [6.07, 6.45) is 1.70. The Hall–Kier alpha value is -2.81. The summed E-state index contributed by atoms with van der Waals surface area (Å²) in [5.41, 5.74) is 2.71. The first-order valence-electron chi connectivity index (χ1n) is 7.56. The van der Waals surface area contributed by atoms with Gasteiger partial charge in [0.05, 0.1) is 24.4 Å². The van der Waals surface area contributed by atoms with E-state index >= 15 is 0 Å². The molecule has 0 amide bonds. The third-order valence-corrected chi connectivity index (χ3v) is 4.07. The van der Waals surface area contributed by atoms with E-state index in [2.05, 4.69) is 9.97 Å². The molecule has 0 N–H and O–H groups in total. The normalized spacial score (nSPS) is 10.3. The van der Waals surface area contributed by atoms with Crippen molar-refractivity contribution in [1.29, 1.82) is 5.26 Å². The van der Waals surface area contributed by atoms with Crippen LogP contribution in [0.4, 0.5) is 0 Å². The van der Waals surface area contributed by atoms with Gasteiger partial charge in [-0.3, -0.25) is 4.98 Å². The quantitative estimate of drug-likeness (QED) is 0.598. The first-order valence-corrected chi connectivity index (χ1v) is 8.32. The molecule has 0 atom stereocenters. The fourth-order valence-corrected chi connectivity index (χ4v) is 2.80. The van der Waals surface area contributed by atoms with E-state index in [9.17, 15) is 0 Å². The molecule has 3 aromatic rings. The molecule has 5 nitrogen and oxygen atoms in total. The van der Waals surface area contributed by atoms with Crippen LogP contribution in [-0.4, -0.2) is 17.1 Å². The van der Waals surface area contributed by atoms with Crippen LogP contribution in [0.15, 0.2) is 42.6 Å². The smallest absolute Gasteiger partial charge is 0.236 e. The van der Waals surface area contributed by atoms with Gasteiger partial charge in [-0.1, -0.05) is 23.2 Å². The zero-order valence-electron chi connectivity index (χ0n) is 14.0. The van der Waals surface area contributed by atoms with Gasteiger partial charge in [0.2, 0.25) is 5.88 Å². The minimum Gasteiger partial charge on any atom is -0.480 e. The van der Waals surface area contributed by atoms with Crippen LogP contribution in [0, 0.1) is 18.3 Å². The molecule has 26 heavy (non-hydrogen) atoms. The molecule has 130 valence electrons. The number of pyridine rings is 2. The average Bonchev–Trinajstić information content (AvgIpc) is 2.63. The highest BCUT2D eigenvalue weighted by molar-refractivity contribution is 6.33. The van der Waals surface area contributed by atoms with E-state index in [4.69, 9.17) is 37.9 Å². The van der Waals surface area contributed by atoms with Gasteiger partial charge in [-0.05, 0) is 37.3 Å². The van der Waals surface area contributed by atoms with Gasteiger partial charge in [0.1, 0.15) is 10.8 Å². The largest absolute Gasteiger partial charge is 0.480 e. The Morgan fingerprint density at radius 1 is 1.12 bits per heavy atom. The first-order chi connectivity index (χ1) is 12.5. The summed E-state index contributed by atoms with van der Waals surface area (Å²) in [7, 11) is 1.48. The van der Waals surface area contributed by atoms with Gasteiger partial charge in [-0.25, -0.2) is 4.98 Å². The fourth-order valence-electron chi connectivity index (χ4n) is 2.36. The molecule has 0 saturated heterocycles. The summed E-state index contributed by atoms with van der Waals surface area (Å²) in [6, 6.07) is 12.2. The highest BCUT2D eigenvalue weighted by Crippen LogP contribution is 2.39. The van der Waals surface area contributed by atoms with E-state index in [1.165, 1.54) is 7.11 Å². The lowest BCUT2D eigenvalue weighted by atomic mass is 10.1. The molecule has 0 bridgehead atoms. The van der Waals surface area contributed by atoms with Gasteiger partial charge in [-0.2, -0.15) is 5.26 Å². The SMILES string of the molecule is COc1nc(-c2ccnc(C)c2)cc(Oc2cc(Cl)cc(C#N)c2)c1Cl. The number of hydrogen-bond acceptors (Lipinski definition) is 5. The van der Waals surface area contributed by atoms with Gasteiger partial charge in [0.15, 0.2) is 5.75 Å². The lowest BCUT2D eigenvalue weighted by Crippen LogP contribution is -1.96. The van der Waals surface area contributed by atoms with Crippen molar-refractivity contribution >= 4 is 23.2 Å². The monoisotopic (exact) mass is 385 g/mol. The molecule has 0 aliphatic carbocycles. The van der Waals surface area contributed by atoms with Gasteiger partial charge >= 0.3 is 0 Å². The summed E-state index contributed by atoms with van der Waals surface area (Å²) in [5.74, 6) is 0.964. The number of methoxy groups -OCH3 is 1. The van der Waals surface area contributed by atoms with Crippen molar-refractivity contribution in [2.24, 2.45) is 0 Å². The van der Waals surface area contributed by atoms with E-state index in [0.29, 0.717) is 27.8 Å². The summed E-state index contributed by atoms with van der Waals surface area (Å²) >= 11 is 12.4. The fraction of sp³-hybridized carbons (Fsp3) is 0.105. The third kappa shape index (κ3) is 3.88. The third-order valence-electron chi connectivity index (χ3n) is 3.51. The Morgan fingerprint density at radius 3 is 2.62 bits per heavy atom. The predicted molar refractivity (Wildman–Crippen MR) is 100 cm³/mol. The Labute approximate surface area is 160 Å². The number of nitriles is 1. The molecule has 2 aromatic heterocycles. The van der Waals surface area contributed by atoms with Crippen LogP contribution in [0.2, 0.25) is 10.0 Å². The number of aryl methyl sites for hydroxylation is 1.